The molecular weight excluding hydrogens is 433 g/mol. The molecule has 1 aliphatic rings. The van der Waals surface area contributed by atoms with Crippen LogP contribution in [0, 0.1) is 0 Å². The summed E-state index contributed by atoms with van der Waals surface area (Å²) in [5.74, 6) is 1.33. The molecule has 1 aliphatic carbocycles. The number of carbonyl (C=O) groups is 1. The molecule has 3 N–H and O–H groups in total. The number of amides is 2. The van der Waals surface area contributed by atoms with Crippen molar-refractivity contribution < 1.29 is 18.0 Å². The van der Waals surface area contributed by atoms with Crippen LogP contribution in [0.15, 0.2) is 30.5 Å². The summed E-state index contributed by atoms with van der Waals surface area (Å²) in [7, 11) is 3.79. The van der Waals surface area contributed by atoms with Crippen LogP contribution in [0.25, 0.3) is 0 Å². The normalized spacial score (nSPS) is 18.9. The Hall–Kier alpha value is -2.75. The van der Waals surface area contributed by atoms with Gasteiger partial charge in [-0.25, -0.2) is 9.78 Å². The van der Waals surface area contributed by atoms with Crippen molar-refractivity contribution in [3.05, 3.63) is 41.0 Å². The number of halogens is 4. The van der Waals surface area contributed by atoms with Gasteiger partial charge < -0.3 is 20.9 Å². The molecule has 1 aromatic carbocycles. The molecule has 31 heavy (non-hydrogen) atoms. The monoisotopic (exact) mass is 456 g/mol. The first-order chi connectivity index (χ1) is 14.6. The van der Waals surface area contributed by atoms with Crippen molar-refractivity contribution in [2.45, 2.75) is 43.9 Å². The maximum absolute atomic E-state index is 13.2. The maximum atomic E-state index is 13.2. The van der Waals surface area contributed by atoms with Crippen molar-refractivity contribution in [3.8, 4) is 0 Å². The van der Waals surface area contributed by atoms with E-state index >= 15 is 0 Å². The zero-order valence-corrected chi connectivity index (χ0v) is 17.9. The number of para-hydroxylation sites is 1. The molecule has 0 spiro atoms. The number of rotatable bonds is 5. The fraction of sp³-hybridized carbons (Fsp3) is 0.450. The summed E-state index contributed by atoms with van der Waals surface area (Å²) in [5, 5.41) is 8.13. The quantitative estimate of drug-likeness (QED) is 0.604. The number of carbonyl (C=O) groups excluding carboxylic acids is 1. The van der Waals surface area contributed by atoms with E-state index in [1.807, 2.05) is 25.1 Å². The Morgan fingerprint density at radius 2 is 1.81 bits per heavy atom. The number of alkyl halides is 3. The molecule has 11 heteroatoms. The van der Waals surface area contributed by atoms with Gasteiger partial charge in [-0.3, -0.25) is 0 Å². The van der Waals surface area contributed by atoms with E-state index in [9.17, 15) is 18.0 Å². The first-order valence-electron chi connectivity index (χ1n) is 9.83. The highest BCUT2D eigenvalue weighted by molar-refractivity contribution is 6.33. The molecule has 0 aliphatic heterocycles. The van der Waals surface area contributed by atoms with E-state index in [4.69, 9.17) is 11.6 Å². The average Bonchev–Trinajstić information content (AvgIpc) is 2.70. The number of nitrogens with one attached hydrogen (secondary N) is 3. The standard InChI is InChI=1S/C20H24ClF3N6O/c1-30(2)16-10-11-25-18(28-16)26-12-6-8-13(9-7-12)27-19(31)29-17-14(20(22,23)24)4-3-5-15(17)21/h3-5,10-13H,6-9H2,1-2H3,(H,25,26,28)(H2,27,29,31)/t12-,13+. The number of urea groups is 1. The molecular formula is C20H24ClF3N6O. The molecule has 0 bridgehead atoms. The first-order valence-corrected chi connectivity index (χ1v) is 10.2. The van der Waals surface area contributed by atoms with Crippen molar-refractivity contribution in [1.82, 2.24) is 15.3 Å². The molecule has 2 amide bonds. The highest BCUT2D eigenvalue weighted by Gasteiger charge is 2.35. The summed E-state index contributed by atoms with van der Waals surface area (Å²) in [5.41, 5.74) is -1.43. The van der Waals surface area contributed by atoms with E-state index in [1.165, 1.54) is 12.1 Å². The topological polar surface area (TPSA) is 82.2 Å². The van der Waals surface area contributed by atoms with E-state index in [1.54, 1.807) is 6.20 Å². The molecule has 1 aromatic heterocycles. The zero-order chi connectivity index (χ0) is 22.6. The number of anilines is 3. The van der Waals surface area contributed by atoms with Gasteiger partial charge in [-0.15, -0.1) is 0 Å². The summed E-state index contributed by atoms with van der Waals surface area (Å²) in [6.07, 6.45) is -0.0592. The predicted molar refractivity (Wildman–Crippen MR) is 115 cm³/mol. The van der Waals surface area contributed by atoms with Gasteiger partial charge in [-0.1, -0.05) is 17.7 Å². The lowest BCUT2D eigenvalue weighted by molar-refractivity contribution is -0.136. The van der Waals surface area contributed by atoms with Gasteiger partial charge >= 0.3 is 12.2 Å². The lowest BCUT2D eigenvalue weighted by Crippen LogP contribution is -2.42. The van der Waals surface area contributed by atoms with Gasteiger partial charge in [-0.2, -0.15) is 18.2 Å². The number of aromatic nitrogens is 2. The third kappa shape index (κ3) is 6.13. The van der Waals surface area contributed by atoms with Gasteiger partial charge in [0, 0.05) is 32.4 Å². The van der Waals surface area contributed by atoms with Crippen LogP contribution in [0.3, 0.4) is 0 Å². The summed E-state index contributed by atoms with van der Waals surface area (Å²) < 4.78 is 39.5. The Balaban J connectivity index is 1.53. The SMILES string of the molecule is CN(C)c1ccnc(N[C@H]2CC[C@@H](NC(=O)Nc3c(Cl)cccc3C(F)(F)F)CC2)n1. The van der Waals surface area contributed by atoms with Gasteiger partial charge in [-0.05, 0) is 43.9 Å². The summed E-state index contributed by atoms with van der Waals surface area (Å²) in [4.78, 5) is 22.9. The minimum Gasteiger partial charge on any atom is -0.363 e. The minimum atomic E-state index is -4.62. The summed E-state index contributed by atoms with van der Waals surface area (Å²) in [6.45, 7) is 0. The fourth-order valence-corrected chi connectivity index (χ4v) is 3.68. The van der Waals surface area contributed by atoms with Crippen LogP contribution in [-0.4, -0.2) is 42.2 Å². The number of nitrogens with zero attached hydrogens (tertiary/aromatic N) is 3. The van der Waals surface area contributed by atoms with Crippen LogP contribution >= 0.6 is 11.6 Å². The molecule has 0 radical (unpaired) electrons. The van der Waals surface area contributed by atoms with E-state index < -0.39 is 23.5 Å². The molecule has 1 fully saturated rings. The lowest BCUT2D eigenvalue weighted by atomic mass is 9.91. The van der Waals surface area contributed by atoms with Crippen molar-refractivity contribution in [1.29, 1.82) is 0 Å². The Morgan fingerprint density at radius 1 is 1.13 bits per heavy atom. The number of hydrogen-bond acceptors (Lipinski definition) is 5. The zero-order valence-electron chi connectivity index (χ0n) is 17.1. The minimum absolute atomic E-state index is 0.149. The average molecular weight is 457 g/mol. The van der Waals surface area contributed by atoms with Crippen LogP contribution in [0.1, 0.15) is 31.2 Å². The van der Waals surface area contributed by atoms with Gasteiger partial charge in [0.2, 0.25) is 5.95 Å². The Bertz CT molecular complexity index is 916. The van der Waals surface area contributed by atoms with Gasteiger partial charge in [0.05, 0.1) is 16.3 Å². The van der Waals surface area contributed by atoms with E-state index in [-0.39, 0.29) is 17.1 Å². The Kier molecular flexibility index (Phi) is 7.09. The van der Waals surface area contributed by atoms with E-state index in [2.05, 4.69) is 25.9 Å². The van der Waals surface area contributed by atoms with Gasteiger partial charge in [0.15, 0.2) is 0 Å². The van der Waals surface area contributed by atoms with Gasteiger partial charge in [0.1, 0.15) is 5.82 Å². The smallest absolute Gasteiger partial charge is 0.363 e. The largest absolute Gasteiger partial charge is 0.418 e. The van der Waals surface area contributed by atoms with Crippen LogP contribution < -0.4 is 20.9 Å². The maximum Gasteiger partial charge on any atom is 0.418 e. The molecule has 1 heterocycles. The van der Waals surface area contributed by atoms with E-state index in [0.717, 1.165) is 24.7 Å². The number of benzene rings is 1. The van der Waals surface area contributed by atoms with E-state index in [0.29, 0.717) is 18.8 Å². The molecule has 2 aromatic rings. The second kappa shape index (κ2) is 9.59. The third-order valence-corrected chi connectivity index (χ3v) is 5.37. The molecule has 3 rings (SSSR count). The first kappa shape index (κ1) is 22.9. The Morgan fingerprint density at radius 3 is 2.45 bits per heavy atom. The lowest BCUT2D eigenvalue weighted by Gasteiger charge is -2.30. The van der Waals surface area contributed by atoms with Crippen molar-refractivity contribution >= 4 is 35.1 Å². The predicted octanol–water partition coefficient (Wildman–Crippen LogP) is 4.76. The molecule has 7 nitrogen and oxygen atoms in total. The third-order valence-electron chi connectivity index (χ3n) is 5.05. The van der Waals surface area contributed by atoms with Crippen LogP contribution in [0.5, 0.6) is 0 Å². The second-order valence-electron chi connectivity index (χ2n) is 7.58. The molecule has 0 unspecified atom stereocenters. The molecule has 168 valence electrons. The fourth-order valence-electron chi connectivity index (χ4n) is 3.45. The summed E-state index contributed by atoms with van der Waals surface area (Å²) >= 11 is 5.88. The molecule has 1 saturated carbocycles. The number of hydrogen-bond donors (Lipinski definition) is 3. The van der Waals surface area contributed by atoms with Crippen molar-refractivity contribution in [2.24, 2.45) is 0 Å². The van der Waals surface area contributed by atoms with Crippen molar-refractivity contribution in [2.75, 3.05) is 29.6 Å². The molecule has 0 atom stereocenters. The molecule has 0 saturated heterocycles. The van der Waals surface area contributed by atoms with Crippen LogP contribution in [0.2, 0.25) is 5.02 Å². The Labute approximate surface area is 183 Å². The highest BCUT2D eigenvalue weighted by Crippen LogP contribution is 2.38. The highest BCUT2D eigenvalue weighted by atomic mass is 35.5. The van der Waals surface area contributed by atoms with Crippen LogP contribution in [-0.2, 0) is 6.18 Å². The van der Waals surface area contributed by atoms with Crippen LogP contribution in [0.4, 0.5) is 35.4 Å². The second-order valence-corrected chi connectivity index (χ2v) is 7.99. The van der Waals surface area contributed by atoms with Gasteiger partial charge in [0.25, 0.3) is 0 Å². The van der Waals surface area contributed by atoms with Crippen molar-refractivity contribution in [3.63, 3.8) is 0 Å². The summed E-state index contributed by atoms with van der Waals surface area (Å²) in [6, 6.07) is 4.48.